The molecule has 1 aliphatic carbocycles. The molecule has 0 bridgehead atoms. The molecular formula is C20H26N2. The highest BCUT2D eigenvalue weighted by molar-refractivity contribution is 5.65. The van der Waals surface area contributed by atoms with E-state index in [2.05, 4.69) is 55.2 Å². The minimum atomic E-state index is 0.568. The molecule has 22 heavy (non-hydrogen) atoms. The summed E-state index contributed by atoms with van der Waals surface area (Å²) in [4.78, 5) is 0. The van der Waals surface area contributed by atoms with E-state index in [9.17, 15) is 0 Å². The first-order chi connectivity index (χ1) is 10.7. The maximum Gasteiger partial charge on any atom is 0.0964 e. The zero-order valence-corrected chi connectivity index (χ0v) is 14.0. The molecule has 0 saturated carbocycles. The van der Waals surface area contributed by atoms with E-state index in [1.54, 1.807) is 0 Å². The van der Waals surface area contributed by atoms with Crippen LogP contribution in [0.4, 0.5) is 0 Å². The molecule has 1 aromatic heterocycles. The van der Waals surface area contributed by atoms with Crippen LogP contribution in [0.3, 0.4) is 0 Å². The molecule has 0 atom stereocenters. The van der Waals surface area contributed by atoms with E-state index in [-0.39, 0.29) is 0 Å². The average molecular weight is 294 g/mol. The van der Waals surface area contributed by atoms with Gasteiger partial charge in [-0.1, -0.05) is 51.0 Å². The first-order valence-corrected chi connectivity index (χ1v) is 8.62. The lowest BCUT2D eigenvalue weighted by atomic mass is 9.89. The summed E-state index contributed by atoms with van der Waals surface area (Å²) in [7, 11) is 0. The van der Waals surface area contributed by atoms with Crippen molar-refractivity contribution in [3.8, 4) is 11.3 Å². The van der Waals surface area contributed by atoms with E-state index in [4.69, 9.17) is 0 Å². The van der Waals surface area contributed by atoms with Crippen molar-refractivity contribution in [1.82, 2.24) is 10.2 Å². The number of fused-ring (bicyclic) bond motifs is 1. The van der Waals surface area contributed by atoms with E-state index >= 15 is 0 Å². The van der Waals surface area contributed by atoms with Gasteiger partial charge in [0.15, 0.2) is 0 Å². The van der Waals surface area contributed by atoms with Gasteiger partial charge in [0.05, 0.1) is 11.4 Å². The smallest absolute Gasteiger partial charge is 0.0964 e. The molecule has 0 unspecified atom stereocenters. The monoisotopic (exact) mass is 294 g/mol. The molecule has 2 heteroatoms. The second-order valence-corrected chi connectivity index (χ2v) is 6.78. The lowest BCUT2D eigenvalue weighted by Gasteiger charge is -2.18. The van der Waals surface area contributed by atoms with Gasteiger partial charge < -0.3 is 0 Å². The Labute approximate surface area is 134 Å². The Morgan fingerprint density at radius 3 is 2.09 bits per heavy atom. The van der Waals surface area contributed by atoms with E-state index in [0.29, 0.717) is 5.92 Å². The molecule has 0 radical (unpaired) electrons. The van der Waals surface area contributed by atoms with Crippen LogP contribution < -0.4 is 0 Å². The maximum atomic E-state index is 4.56. The predicted octanol–water partition coefficient (Wildman–Crippen LogP) is 5.23. The standard InChI is InChI=1S/C20H26N2/c1-14(2)16-10-12-17(13-11-16)20-19-9-7-5-4-6-8-18(19)15(3)21-22-20/h10-14H,4-9H2,1-3H3. The van der Waals surface area contributed by atoms with Gasteiger partial charge in [0.25, 0.3) is 0 Å². The Bertz CT molecular complexity index is 642. The molecule has 0 amide bonds. The third-order valence-corrected chi connectivity index (χ3v) is 4.84. The van der Waals surface area contributed by atoms with Crippen LogP contribution in [0.2, 0.25) is 0 Å². The third-order valence-electron chi connectivity index (χ3n) is 4.84. The van der Waals surface area contributed by atoms with Gasteiger partial charge in [-0.15, -0.1) is 5.10 Å². The zero-order chi connectivity index (χ0) is 15.5. The number of nitrogens with zero attached hydrogens (tertiary/aromatic N) is 2. The number of aryl methyl sites for hydroxylation is 1. The van der Waals surface area contributed by atoms with Crippen LogP contribution in [-0.4, -0.2) is 10.2 Å². The fourth-order valence-corrected chi connectivity index (χ4v) is 3.42. The van der Waals surface area contributed by atoms with Gasteiger partial charge >= 0.3 is 0 Å². The van der Waals surface area contributed by atoms with Crippen molar-refractivity contribution in [1.29, 1.82) is 0 Å². The predicted molar refractivity (Wildman–Crippen MR) is 92.2 cm³/mol. The van der Waals surface area contributed by atoms with Crippen molar-refractivity contribution in [2.24, 2.45) is 0 Å². The number of aromatic nitrogens is 2. The van der Waals surface area contributed by atoms with Crippen LogP contribution in [0.15, 0.2) is 24.3 Å². The summed E-state index contributed by atoms with van der Waals surface area (Å²) in [5, 5.41) is 9.01. The first kappa shape index (κ1) is 15.2. The van der Waals surface area contributed by atoms with Crippen LogP contribution in [-0.2, 0) is 12.8 Å². The molecule has 1 aromatic carbocycles. The van der Waals surface area contributed by atoms with Gasteiger partial charge in [0, 0.05) is 5.56 Å². The summed E-state index contributed by atoms with van der Waals surface area (Å²) in [6, 6.07) is 8.90. The molecular weight excluding hydrogens is 268 g/mol. The topological polar surface area (TPSA) is 25.8 Å². The van der Waals surface area contributed by atoms with Crippen LogP contribution in [0, 0.1) is 6.92 Å². The zero-order valence-electron chi connectivity index (χ0n) is 14.0. The summed E-state index contributed by atoms with van der Waals surface area (Å²) in [6.07, 6.45) is 7.55. The Balaban J connectivity index is 2.04. The van der Waals surface area contributed by atoms with Crippen LogP contribution in [0.1, 0.15) is 67.8 Å². The van der Waals surface area contributed by atoms with Crippen molar-refractivity contribution < 1.29 is 0 Å². The lowest BCUT2D eigenvalue weighted by Crippen LogP contribution is -2.08. The van der Waals surface area contributed by atoms with Crippen LogP contribution >= 0.6 is 0 Å². The minimum Gasteiger partial charge on any atom is -0.155 e. The largest absolute Gasteiger partial charge is 0.155 e. The molecule has 0 fully saturated rings. The highest BCUT2D eigenvalue weighted by atomic mass is 15.1. The highest BCUT2D eigenvalue weighted by Gasteiger charge is 2.17. The Morgan fingerprint density at radius 1 is 0.818 bits per heavy atom. The van der Waals surface area contributed by atoms with E-state index in [1.165, 1.54) is 47.9 Å². The normalized spacial score (nSPS) is 15.3. The molecule has 0 aliphatic heterocycles. The first-order valence-electron chi connectivity index (χ1n) is 8.62. The highest BCUT2D eigenvalue weighted by Crippen LogP contribution is 2.30. The summed E-state index contributed by atoms with van der Waals surface area (Å²) >= 11 is 0. The van der Waals surface area contributed by atoms with Gasteiger partial charge in [-0.05, 0) is 55.2 Å². The van der Waals surface area contributed by atoms with Gasteiger partial charge in [-0.2, -0.15) is 5.10 Å². The molecule has 116 valence electrons. The fraction of sp³-hybridized carbons (Fsp3) is 0.500. The van der Waals surface area contributed by atoms with Crippen LogP contribution in [0.5, 0.6) is 0 Å². The third kappa shape index (κ3) is 3.06. The summed E-state index contributed by atoms with van der Waals surface area (Å²) in [5.41, 5.74) is 7.74. The molecule has 2 nitrogen and oxygen atoms in total. The number of hydrogen-bond acceptors (Lipinski definition) is 2. The summed E-state index contributed by atoms with van der Waals surface area (Å²) in [5.74, 6) is 0.568. The molecule has 0 spiro atoms. The molecule has 0 N–H and O–H groups in total. The summed E-state index contributed by atoms with van der Waals surface area (Å²) < 4.78 is 0. The van der Waals surface area contributed by atoms with Crippen molar-refractivity contribution >= 4 is 0 Å². The minimum absolute atomic E-state index is 0.568. The molecule has 0 saturated heterocycles. The fourth-order valence-electron chi connectivity index (χ4n) is 3.42. The van der Waals surface area contributed by atoms with Gasteiger partial charge in [0.2, 0.25) is 0 Å². The second kappa shape index (κ2) is 6.60. The van der Waals surface area contributed by atoms with Crippen molar-refractivity contribution in [2.45, 2.75) is 65.2 Å². The number of hydrogen-bond donors (Lipinski definition) is 0. The molecule has 1 aliphatic rings. The van der Waals surface area contributed by atoms with Crippen molar-refractivity contribution in [3.63, 3.8) is 0 Å². The summed E-state index contributed by atoms with van der Waals surface area (Å²) in [6.45, 7) is 6.57. The van der Waals surface area contributed by atoms with Crippen LogP contribution in [0.25, 0.3) is 11.3 Å². The van der Waals surface area contributed by atoms with Crippen molar-refractivity contribution in [3.05, 3.63) is 46.6 Å². The average Bonchev–Trinajstić information content (AvgIpc) is 2.48. The quantitative estimate of drug-likeness (QED) is 0.757. The van der Waals surface area contributed by atoms with Gasteiger partial charge in [-0.25, -0.2) is 0 Å². The number of rotatable bonds is 2. The second-order valence-electron chi connectivity index (χ2n) is 6.78. The Hall–Kier alpha value is -1.70. The molecule has 2 aromatic rings. The van der Waals surface area contributed by atoms with Gasteiger partial charge in [0.1, 0.15) is 0 Å². The Morgan fingerprint density at radius 2 is 1.45 bits per heavy atom. The SMILES string of the molecule is Cc1nnc(-c2ccc(C(C)C)cc2)c2c1CCCCCC2. The lowest BCUT2D eigenvalue weighted by molar-refractivity contribution is 0.610. The number of benzene rings is 1. The maximum absolute atomic E-state index is 4.56. The van der Waals surface area contributed by atoms with Crippen molar-refractivity contribution in [2.75, 3.05) is 0 Å². The van der Waals surface area contributed by atoms with E-state index in [0.717, 1.165) is 24.2 Å². The molecule has 1 heterocycles. The van der Waals surface area contributed by atoms with E-state index < -0.39 is 0 Å². The van der Waals surface area contributed by atoms with E-state index in [1.807, 2.05) is 0 Å². The molecule has 3 rings (SSSR count). The van der Waals surface area contributed by atoms with Gasteiger partial charge in [-0.3, -0.25) is 0 Å². The Kier molecular flexibility index (Phi) is 4.56.